The third-order valence-corrected chi connectivity index (χ3v) is 5.26. The van der Waals surface area contributed by atoms with Crippen molar-refractivity contribution in [1.29, 1.82) is 0 Å². The monoisotopic (exact) mass is 405 g/mol. The fourth-order valence-electron chi connectivity index (χ4n) is 3.68. The SMILES string of the molecule is NC1=Nc2ccc(Cl)cc2C1(c1cc(F)ccc1OC1CCOCC1)[N+](=O)[O-]. The van der Waals surface area contributed by atoms with Crippen LogP contribution in [0.1, 0.15) is 24.0 Å². The van der Waals surface area contributed by atoms with Crippen LogP contribution >= 0.6 is 11.6 Å². The molecule has 0 aliphatic carbocycles. The van der Waals surface area contributed by atoms with Gasteiger partial charge in [0.25, 0.3) is 0 Å². The summed E-state index contributed by atoms with van der Waals surface area (Å²) >= 11 is 6.08. The van der Waals surface area contributed by atoms with Gasteiger partial charge in [-0.25, -0.2) is 9.38 Å². The Labute approximate surface area is 165 Å². The largest absolute Gasteiger partial charge is 0.490 e. The van der Waals surface area contributed by atoms with Crippen LogP contribution in [0.3, 0.4) is 0 Å². The van der Waals surface area contributed by atoms with Gasteiger partial charge in [-0.05, 0) is 36.4 Å². The summed E-state index contributed by atoms with van der Waals surface area (Å²) in [7, 11) is 0. The standard InChI is InChI=1S/C19H17ClFN3O4/c20-11-1-3-16-14(9-11)19(24(25)26,18(22)23-16)15-10-12(21)2-4-17(15)28-13-5-7-27-8-6-13/h1-4,9-10,13H,5-8H2,(H2,22,23). The molecule has 2 N–H and O–H groups in total. The number of nitrogens with zero attached hydrogens (tertiary/aromatic N) is 2. The third kappa shape index (κ3) is 2.89. The number of halogens is 2. The van der Waals surface area contributed by atoms with E-state index in [1.54, 1.807) is 12.1 Å². The van der Waals surface area contributed by atoms with Crippen LogP contribution < -0.4 is 10.5 Å². The van der Waals surface area contributed by atoms with Gasteiger partial charge >= 0.3 is 5.54 Å². The van der Waals surface area contributed by atoms with Crippen molar-refractivity contribution in [2.24, 2.45) is 10.7 Å². The zero-order valence-electron chi connectivity index (χ0n) is 14.7. The van der Waals surface area contributed by atoms with Crippen LogP contribution in [-0.4, -0.2) is 30.1 Å². The number of amidine groups is 1. The van der Waals surface area contributed by atoms with Crippen LogP contribution in [-0.2, 0) is 10.3 Å². The Morgan fingerprint density at radius 3 is 2.71 bits per heavy atom. The number of hydrogen-bond donors (Lipinski definition) is 1. The molecule has 4 rings (SSSR count). The fourth-order valence-corrected chi connectivity index (χ4v) is 3.85. The maximum Gasteiger partial charge on any atom is 0.333 e. The minimum absolute atomic E-state index is 0.00809. The number of fused-ring (bicyclic) bond motifs is 1. The Kier molecular flexibility index (Phi) is 4.68. The lowest BCUT2D eigenvalue weighted by molar-refractivity contribution is -0.542. The molecule has 1 fully saturated rings. The van der Waals surface area contributed by atoms with Gasteiger partial charge in [-0.15, -0.1) is 0 Å². The first-order chi connectivity index (χ1) is 13.4. The van der Waals surface area contributed by atoms with Crippen molar-refractivity contribution in [2.75, 3.05) is 13.2 Å². The van der Waals surface area contributed by atoms with Crippen molar-refractivity contribution in [3.8, 4) is 5.75 Å². The molecule has 7 nitrogen and oxygen atoms in total. The van der Waals surface area contributed by atoms with Crippen molar-refractivity contribution in [1.82, 2.24) is 0 Å². The second-order valence-corrected chi connectivity index (χ2v) is 7.13. The minimum Gasteiger partial charge on any atom is -0.490 e. The number of rotatable bonds is 4. The summed E-state index contributed by atoms with van der Waals surface area (Å²) in [5.41, 5.74) is 4.48. The smallest absolute Gasteiger partial charge is 0.333 e. The van der Waals surface area contributed by atoms with Crippen LogP contribution in [0.15, 0.2) is 41.4 Å². The number of nitro groups is 1. The summed E-state index contributed by atoms with van der Waals surface area (Å²) in [6.07, 6.45) is 1.07. The van der Waals surface area contributed by atoms with E-state index in [0.29, 0.717) is 31.7 Å². The first-order valence-corrected chi connectivity index (χ1v) is 9.14. The van der Waals surface area contributed by atoms with Gasteiger partial charge < -0.3 is 15.2 Å². The van der Waals surface area contributed by atoms with Gasteiger partial charge in [-0.2, -0.15) is 0 Å². The van der Waals surface area contributed by atoms with Gasteiger partial charge in [-0.1, -0.05) is 11.6 Å². The quantitative estimate of drug-likeness (QED) is 0.619. The predicted octanol–water partition coefficient (Wildman–Crippen LogP) is 3.56. The van der Waals surface area contributed by atoms with Crippen LogP contribution in [0.25, 0.3) is 0 Å². The Balaban J connectivity index is 1.91. The molecule has 2 aliphatic heterocycles. The average molecular weight is 406 g/mol. The van der Waals surface area contributed by atoms with Gasteiger partial charge in [0.15, 0.2) is 5.84 Å². The first-order valence-electron chi connectivity index (χ1n) is 8.76. The Hall–Kier alpha value is -2.71. The molecule has 2 heterocycles. The lowest BCUT2D eigenvalue weighted by atomic mass is 9.82. The van der Waals surface area contributed by atoms with Crippen molar-refractivity contribution < 1.29 is 18.8 Å². The zero-order valence-corrected chi connectivity index (χ0v) is 15.5. The van der Waals surface area contributed by atoms with E-state index in [2.05, 4.69) is 4.99 Å². The molecule has 0 aromatic heterocycles. The van der Waals surface area contributed by atoms with Crippen molar-refractivity contribution >= 4 is 23.1 Å². The van der Waals surface area contributed by atoms with Crippen LogP contribution in [0.4, 0.5) is 10.1 Å². The Morgan fingerprint density at radius 2 is 2.00 bits per heavy atom. The number of ether oxygens (including phenoxy) is 2. The summed E-state index contributed by atoms with van der Waals surface area (Å²) in [6, 6.07) is 8.22. The van der Waals surface area contributed by atoms with E-state index >= 15 is 0 Å². The predicted molar refractivity (Wildman–Crippen MR) is 101 cm³/mol. The maximum atomic E-state index is 14.2. The summed E-state index contributed by atoms with van der Waals surface area (Å²) in [5, 5.41) is 12.7. The van der Waals surface area contributed by atoms with Gasteiger partial charge in [0.1, 0.15) is 17.7 Å². The molecule has 0 spiro atoms. The second-order valence-electron chi connectivity index (χ2n) is 6.70. The molecule has 1 saturated heterocycles. The first kappa shape index (κ1) is 18.6. The molecule has 9 heteroatoms. The highest BCUT2D eigenvalue weighted by molar-refractivity contribution is 6.30. The summed E-state index contributed by atoms with van der Waals surface area (Å²) in [4.78, 5) is 16.0. The molecule has 0 amide bonds. The lowest BCUT2D eigenvalue weighted by Crippen LogP contribution is -2.47. The molecule has 0 radical (unpaired) electrons. The highest BCUT2D eigenvalue weighted by atomic mass is 35.5. The van der Waals surface area contributed by atoms with E-state index in [0.717, 1.165) is 6.07 Å². The fraction of sp³-hybridized carbons (Fsp3) is 0.316. The second kappa shape index (κ2) is 7.03. The Morgan fingerprint density at radius 1 is 1.25 bits per heavy atom. The van der Waals surface area contributed by atoms with Crippen molar-refractivity contribution in [2.45, 2.75) is 24.5 Å². The molecular weight excluding hydrogens is 389 g/mol. The molecule has 2 aromatic rings. The zero-order chi connectivity index (χ0) is 19.9. The number of hydrogen-bond acceptors (Lipinski definition) is 6. The normalized spacial score (nSPS) is 21.9. The van der Waals surface area contributed by atoms with E-state index in [1.807, 2.05) is 0 Å². The molecule has 146 valence electrons. The highest BCUT2D eigenvalue weighted by Gasteiger charge is 2.58. The molecule has 0 saturated carbocycles. The summed E-state index contributed by atoms with van der Waals surface area (Å²) in [6.45, 7) is 1.06. The van der Waals surface area contributed by atoms with E-state index in [9.17, 15) is 14.5 Å². The summed E-state index contributed by atoms with van der Waals surface area (Å²) < 4.78 is 25.5. The van der Waals surface area contributed by atoms with Gasteiger partial charge in [-0.3, -0.25) is 10.1 Å². The van der Waals surface area contributed by atoms with Crippen LogP contribution in [0.2, 0.25) is 5.02 Å². The molecule has 1 atom stereocenters. The van der Waals surface area contributed by atoms with Crippen LogP contribution in [0.5, 0.6) is 5.75 Å². The molecule has 2 aliphatic rings. The molecule has 0 bridgehead atoms. The van der Waals surface area contributed by atoms with Crippen molar-refractivity contribution in [3.05, 3.63) is 68.5 Å². The molecule has 2 aromatic carbocycles. The molecule has 1 unspecified atom stereocenters. The van der Waals surface area contributed by atoms with Gasteiger partial charge in [0, 0.05) is 22.8 Å². The number of aliphatic imine (C=N–C) groups is 1. The van der Waals surface area contributed by atoms with E-state index in [4.69, 9.17) is 26.8 Å². The third-order valence-electron chi connectivity index (χ3n) is 5.03. The molecular formula is C19H17ClFN3O4. The average Bonchev–Trinajstić information content (AvgIpc) is 2.96. The highest BCUT2D eigenvalue weighted by Crippen LogP contribution is 2.48. The number of nitrogens with two attached hydrogens (primary N) is 1. The van der Waals surface area contributed by atoms with Gasteiger partial charge in [0.2, 0.25) is 0 Å². The lowest BCUT2D eigenvalue weighted by Gasteiger charge is -2.28. The van der Waals surface area contributed by atoms with E-state index < -0.39 is 16.3 Å². The van der Waals surface area contributed by atoms with E-state index in [1.165, 1.54) is 18.2 Å². The molecule has 28 heavy (non-hydrogen) atoms. The Bertz CT molecular complexity index is 978. The summed E-state index contributed by atoms with van der Waals surface area (Å²) in [5.74, 6) is -0.716. The van der Waals surface area contributed by atoms with Crippen molar-refractivity contribution in [3.63, 3.8) is 0 Å². The minimum atomic E-state index is -2.08. The topological polar surface area (TPSA) is 100.0 Å². The maximum absolute atomic E-state index is 14.2. The van der Waals surface area contributed by atoms with Gasteiger partial charge in [0.05, 0.1) is 30.0 Å². The van der Waals surface area contributed by atoms with Crippen LogP contribution in [0, 0.1) is 15.9 Å². The number of benzene rings is 2. The van der Waals surface area contributed by atoms with E-state index in [-0.39, 0.29) is 33.8 Å².